The van der Waals surface area contributed by atoms with E-state index >= 15 is 0 Å². The van der Waals surface area contributed by atoms with Gasteiger partial charge in [-0.2, -0.15) is 4.98 Å². The van der Waals surface area contributed by atoms with E-state index in [0.29, 0.717) is 34.5 Å². The topological polar surface area (TPSA) is 51.0 Å². The molecule has 0 spiro atoms. The van der Waals surface area contributed by atoms with E-state index in [1.807, 2.05) is 18.3 Å². The minimum atomic E-state index is -0.196. The van der Waals surface area contributed by atoms with E-state index in [4.69, 9.17) is 16.0 Å². The summed E-state index contributed by atoms with van der Waals surface area (Å²) >= 11 is 6.06. The van der Waals surface area contributed by atoms with Gasteiger partial charge < -0.3 is 9.73 Å². The lowest BCUT2D eigenvalue weighted by Crippen LogP contribution is -2.25. The smallest absolute Gasteiger partial charge is 0.295 e. The van der Waals surface area contributed by atoms with E-state index in [1.54, 1.807) is 18.2 Å². The molecule has 0 aliphatic heterocycles. The van der Waals surface area contributed by atoms with Crippen molar-refractivity contribution in [2.75, 3.05) is 5.32 Å². The van der Waals surface area contributed by atoms with Crippen LogP contribution in [0.25, 0.3) is 22.0 Å². The number of halogens is 2. The largest absolute Gasteiger partial charge is 0.423 e. The summed E-state index contributed by atoms with van der Waals surface area (Å²) in [7, 11) is 0. The Hall–Kier alpha value is -2.66. The van der Waals surface area contributed by atoms with Crippen molar-refractivity contribution in [2.45, 2.75) is 57.4 Å². The average molecular weight is 452 g/mol. The van der Waals surface area contributed by atoms with Gasteiger partial charge in [-0.1, -0.05) is 18.5 Å². The molecule has 2 aromatic heterocycles. The fourth-order valence-electron chi connectivity index (χ4n) is 5.07. The number of pyridine rings is 1. The number of nitrogens with zero attached hydrogens (tertiary/aromatic N) is 2. The number of aromatic nitrogens is 2. The lowest BCUT2D eigenvalue weighted by molar-refractivity contribution is 0.296. The van der Waals surface area contributed by atoms with Crippen molar-refractivity contribution >= 4 is 39.6 Å². The molecule has 0 unspecified atom stereocenters. The van der Waals surface area contributed by atoms with Gasteiger partial charge in [0.2, 0.25) is 0 Å². The molecule has 1 aliphatic carbocycles. The second kappa shape index (κ2) is 9.07. The molecule has 0 radical (unpaired) electrons. The molecule has 0 bridgehead atoms. The summed E-state index contributed by atoms with van der Waals surface area (Å²) in [6, 6.07) is 13.3. The molecule has 6 heteroatoms. The molecule has 1 aliphatic rings. The van der Waals surface area contributed by atoms with Crippen molar-refractivity contribution in [3.63, 3.8) is 0 Å². The first-order valence-corrected chi connectivity index (χ1v) is 11.8. The lowest BCUT2D eigenvalue weighted by Gasteiger charge is -2.31. The molecule has 2 heterocycles. The molecular weight excluding hydrogens is 425 g/mol. The van der Waals surface area contributed by atoms with Crippen molar-refractivity contribution in [3.8, 4) is 0 Å². The van der Waals surface area contributed by atoms with Crippen LogP contribution in [0.1, 0.15) is 56.9 Å². The van der Waals surface area contributed by atoms with E-state index in [0.717, 1.165) is 42.1 Å². The molecule has 4 nitrogen and oxygen atoms in total. The van der Waals surface area contributed by atoms with Crippen LogP contribution in [0, 0.1) is 11.7 Å². The van der Waals surface area contributed by atoms with E-state index < -0.39 is 0 Å². The van der Waals surface area contributed by atoms with E-state index in [1.165, 1.54) is 24.5 Å². The zero-order chi connectivity index (χ0) is 22.1. The van der Waals surface area contributed by atoms with Crippen molar-refractivity contribution in [3.05, 3.63) is 65.1 Å². The van der Waals surface area contributed by atoms with Crippen LogP contribution in [0.4, 0.5) is 10.4 Å². The molecule has 2 aromatic carbocycles. The normalized spacial score (nSPS) is 20.0. The van der Waals surface area contributed by atoms with Gasteiger partial charge in [0.15, 0.2) is 5.58 Å². The van der Waals surface area contributed by atoms with Crippen LogP contribution in [-0.2, 0) is 0 Å². The van der Waals surface area contributed by atoms with E-state index in [2.05, 4.69) is 28.3 Å². The van der Waals surface area contributed by atoms with Crippen LogP contribution in [0.2, 0.25) is 5.02 Å². The molecule has 1 atom stereocenters. The molecule has 1 saturated carbocycles. The van der Waals surface area contributed by atoms with Gasteiger partial charge in [0.05, 0.1) is 5.52 Å². The van der Waals surface area contributed by atoms with E-state index in [9.17, 15) is 4.39 Å². The number of hydrogen-bond acceptors (Lipinski definition) is 4. The summed E-state index contributed by atoms with van der Waals surface area (Å²) in [5.41, 5.74) is 3.63. The minimum absolute atomic E-state index is 0.196. The molecule has 1 fully saturated rings. The van der Waals surface area contributed by atoms with Crippen LogP contribution in [0.5, 0.6) is 0 Å². The fourth-order valence-corrected chi connectivity index (χ4v) is 5.23. The Morgan fingerprint density at radius 3 is 2.72 bits per heavy atom. The van der Waals surface area contributed by atoms with Crippen LogP contribution in [0.15, 0.2) is 53.1 Å². The molecule has 0 saturated heterocycles. The molecule has 4 aromatic rings. The number of fused-ring (bicyclic) bond motifs is 2. The van der Waals surface area contributed by atoms with Crippen molar-refractivity contribution < 1.29 is 8.81 Å². The van der Waals surface area contributed by atoms with Gasteiger partial charge >= 0.3 is 0 Å². The number of anilines is 1. The number of rotatable bonds is 6. The molecule has 166 valence electrons. The Bertz CT molecular complexity index is 1230. The summed E-state index contributed by atoms with van der Waals surface area (Å²) in [6.45, 7) is 2.19. The third-order valence-electron chi connectivity index (χ3n) is 6.81. The predicted molar refractivity (Wildman–Crippen MR) is 128 cm³/mol. The number of oxazole rings is 1. The second-order valence-electron chi connectivity index (χ2n) is 8.90. The van der Waals surface area contributed by atoms with Gasteiger partial charge in [-0.05, 0) is 92.3 Å². The first kappa shape index (κ1) is 21.2. The van der Waals surface area contributed by atoms with Crippen LogP contribution >= 0.6 is 11.6 Å². The highest BCUT2D eigenvalue weighted by Crippen LogP contribution is 2.40. The maximum Gasteiger partial charge on any atom is 0.295 e. The van der Waals surface area contributed by atoms with Crippen molar-refractivity contribution in [1.29, 1.82) is 0 Å². The van der Waals surface area contributed by atoms with E-state index in [-0.39, 0.29) is 5.82 Å². The van der Waals surface area contributed by atoms with Gasteiger partial charge in [0.25, 0.3) is 6.01 Å². The number of benzene rings is 2. The third kappa shape index (κ3) is 4.44. The third-order valence-corrected chi connectivity index (χ3v) is 7.05. The summed E-state index contributed by atoms with van der Waals surface area (Å²) in [5.74, 6) is 0.930. The highest BCUT2D eigenvalue weighted by Gasteiger charge is 2.26. The fraction of sp³-hybridized carbons (Fsp3) is 0.385. The maximum absolute atomic E-state index is 13.8. The van der Waals surface area contributed by atoms with Gasteiger partial charge in [-0.25, -0.2) is 4.39 Å². The van der Waals surface area contributed by atoms with Crippen LogP contribution < -0.4 is 5.32 Å². The zero-order valence-corrected chi connectivity index (χ0v) is 18.9. The molecular formula is C26H27ClFN3O. The first-order chi connectivity index (χ1) is 15.6. The van der Waals surface area contributed by atoms with Gasteiger partial charge in [-0.3, -0.25) is 4.98 Å². The highest BCUT2D eigenvalue weighted by molar-refractivity contribution is 6.31. The summed E-state index contributed by atoms with van der Waals surface area (Å²) in [6.07, 6.45) is 8.54. The summed E-state index contributed by atoms with van der Waals surface area (Å²) in [4.78, 5) is 8.96. The van der Waals surface area contributed by atoms with Gasteiger partial charge in [0, 0.05) is 28.7 Å². The highest BCUT2D eigenvalue weighted by atomic mass is 35.5. The Labute approximate surface area is 192 Å². The van der Waals surface area contributed by atoms with Crippen molar-refractivity contribution in [2.24, 2.45) is 5.92 Å². The number of nitrogens with one attached hydrogen (secondary N) is 1. The predicted octanol–water partition coefficient (Wildman–Crippen LogP) is 7.72. The zero-order valence-electron chi connectivity index (χ0n) is 18.2. The van der Waals surface area contributed by atoms with Gasteiger partial charge in [-0.15, -0.1) is 0 Å². The monoisotopic (exact) mass is 451 g/mol. The Morgan fingerprint density at radius 1 is 1.09 bits per heavy atom. The lowest BCUT2D eigenvalue weighted by atomic mass is 9.76. The molecule has 1 N–H and O–H groups in total. The summed E-state index contributed by atoms with van der Waals surface area (Å²) < 4.78 is 19.7. The maximum atomic E-state index is 13.8. The average Bonchev–Trinajstić information content (AvgIpc) is 3.20. The molecule has 5 rings (SSSR count). The standard InChI is InChI=1S/C26H27ClFN3O/c1-2-20(30-26-31-24-9-7-18(27)14-25(24)32-26)13-16-3-5-17(6-4-16)21-11-12-29-23-10-8-19(28)15-22(21)23/h7-12,14-17,20H,2-6,13H2,1H3,(H,30,31)/t16?,17?,20-/m1/s1. The first-order valence-electron chi connectivity index (χ1n) is 11.5. The van der Waals surface area contributed by atoms with Crippen molar-refractivity contribution in [1.82, 2.24) is 9.97 Å². The molecule has 32 heavy (non-hydrogen) atoms. The number of hydrogen-bond donors (Lipinski definition) is 1. The Morgan fingerprint density at radius 2 is 1.91 bits per heavy atom. The quantitative estimate of drug-likeness (QED) is 0.326. The Balaban J connectivity index is 1.22. The Kier molecular flexibility index (Phi) is 6.01. The molecule has 0 amide bonds. The SMILES string of the molecule is CC[C@H](CC1CCC(c2ccnc3ccc(F)cc23)CC1)Nc1nc2ccc(Cl)cc2o1. The minimum Gasteiger partial charge on any atom is -0.423 e. The second-order valence-corrected chi connectivity index (χ2v) is 9.33. The van der Waals surface area contributed by atoms with Crippen LogP contribution in [-0.4, -0.2) is 16.0 Å². The van der Waals surface area contributed by atoms with Crippen LogP contribution in [0.3, 0.4) is 0 Å². The van der Waals surface area contributed by atoms with Gasteiger partial charge in [0.1, 0.15) is 11.3 Å². The summed E-state index contributed by atoms with van der Waals surface area (Å²) in [5, 5.41) is 5.09.